The summed E-state index contributed by atoms with van der Waals surface area (Å²) in [4.78, 5) is 171. The predicted octanol–water partition coefficient (Wildman–Crippen LogP) is -2.85. The third-order valence-corrected chi connectivity index (χ3v) is 23.4. The number of nitrogens with two attached hydrogens (primary N) is 4. The number of phosphoric ester groups is 5. The van der Waals surface area contributed by atoms with E-state index in [-0.39, 0.29) is 75.4 Å². The lowest BCUT2D eigenvalue weighted by atomic mass is 10.2. The lowest BCUT2D eigenvalue weighted by molar-refractivity contribution is -0.143. The van der Waals surface area contributed by atoms with E-state index in [0.717, 1.165) is 28.0 Å². The van der Waals surface area contributed by atoms with Gasteiger partial charge in [0.1, 0.15) is 110 Å². The highest BCUT2D eigenvalue weighted by atomic mass is 31.2. The number of ether oxygens (including phenoxy) is 6. The van der Waals surface area contributed by atoms with Crippen LogP contribution in [0.25, 0.3) is 33.5 Å². The first-order chi connectivity index (χ1) is 53.4. The van der Waals surface area contributed by atoms with Crippen LogP contribution in [0.5, 0.6) is 0 Å². The van der Waals surface area contributed by atoms with Crippen LogP contribution in [0.15, 0.2) is 67.7 Å². The summed E-state index contributed by atoms with van der Waals surface area (Å²) in [6, 6.07) is 1.28. The molecule has 6 aliphatic heterocycles. The van der Waals surface area contributed by atoms with Crippen LogP contribution in [0.2, 0.25) is 0 Å². The number of anilines is 4. The number of cyclic esters (lactones) is 1. The van der Waals surface area contributed by atoms with Gasteiger partial charge in [0.05, 0.1) is 71.1 Å². The number of imidazole rings is 3. The van der Waals surface area contributed by atoms with E-state index in [1.54, 1.807) is 0 Å². The molecular formula is C54H69N20O34P5. The number of hydrogen-bond donors (Lipinski definition) is 14. The van der Waals surface area contributed by atoms with Crippen LogP contribution in [0.4, 0.5) is 23.5 Å². The summed E-state index contributed by atoms with van der Waals surface area (Å²) in [5.41, 5.74) is 18.6. The van der Waals surface area contributed by atoms with Crippen molar-refractivity contribution in [1.82, 2.24) is 77.7 Å². The molecule has 18 N–H and O–H groups in total. The van der Waals surface area contributed by atoms with E-state index in [9.17, 15) is 86.3 Å². The van der Waals surface area contributed by atoms with E-state index in [4.69, 9.17) is 96.6 Å². The Kier molecular flexibility index (Phi) is 23.1. The Morgan fingerprint density at radius 3 is 1.37 bits per heavy atom. The van der Waals surface area contributed by atoms with Gasteiger partial charge in [0, 0.05) is 50.1 Å². The standard InChI is InChI=1S/C54H69N20O34P5/c1-21-10-71(54(82)69-48(21)78)37-6-24(30(100-37)13-95-112(89,90)107-26-8-39(74-20-63-43-47(74)66-52(58)68-50(43)80)102-32(26)15-94-110(85,86)104-23-5-36(98-28(23)11-75)70-3-2-34(55)64-53(70)81)105-111(87,88)96-14-31-25(7-38(101-31)72-18-61-41-44(56)59-17-60-45(41)72)106-113(91,92)97-16-33-27(9-40(77)103-33)108-109(83,84)93-12-29-22(76)4-35(99-29)73-19-62-42-46(73)65-51(57)67-49(42)79/h2-3,10,17-20,22-33,35-39,75-76H,4-9,11-16H2,1H3,(H,83,84)(H,85,86)(H,87,88)(H,89,90)(H,91,92)(H2,55,64,81)(H2,56,59,60)(H,69,78,82)(H3,57,65,67,79)(H3,58,66,68,80)/t22-,23-,24-,25-,26-,27-,28+,29+,30+,31+,32+,33+,35+,36+,37+,38+,39+/m0/s1. The molecule has 6 fully saturated rings. The van der Waals surface area contributed by atoms with Gasteiger partial charge in [-0.25, -0.2) is 57.3 Å². The number of hydrogen-bond acceptors (Lipinski definition) is 41. The number of fused-ring (bicyclic) bond motifs is 3. The van der Waals surface area contributed by atoms with Crippen molar-refractivity contribution in [2.45, 2.75) is 150 Å². The number of nitrogens with one attached hydrogen (secondary N) is 3. The van der Waals surface area contributed by atoms with Gasteiger partial charge < -0.3 is 86.0 Å². The molecule has 113 heavy (non-hydrogen) atoms. The zero-order valence-corrected chi connectivity index (χ0v) is 62.3. The van der Waals surface area contributed by atoms with Crippen molar-refractivity contribution in [3.05, 3.63) is 101 Å². The molecule has 6 aliphatic rings. The van der Waals surface area contributed by atoms with Crippen LogP contribution >= 0.6 is 39.1 Å². The maximum atomic E-state index is 14.3. The monoisotopic (exact) mass is 1700 g/mol. The average Bonchev–Trinajstić information content (AvgIpc) is 1.65. The van der Waals surface area contributed by atoms with Crippen LogP contribution in [-0.4, -0.2) is 231 Å². The van der Waals surface area contributed by atoms with Gasteiger partial charge in [-0.05, 0) is 13.0 Å². The fraction of sp³-hybridized carbons (Fsp3) is 0.556. The minimum absolute atomic E-state index is 0.00621. The van der Waals surface area contributed by atoms with Crippen molar-refractivity contribution in [1.29, 1.82) is 0 Å². The Balaban J connectivity index is 0.644. The number of carbonyl (C=O) groups is 1. The van der Waals surface area contributed by atoms with Crippen LogP contribution < -0.4 is 51.0 Å². The number of aliphatic hydroxyl groups excluding tert-OH is 2. The number of aliphatic hydroxyl groups is 2. The van der Waals surface area contributed by atoms with Gasteiger partial charge in [-0.2, -0.15) is 15.0 Å². The highest BCUT2D eigenvalue weighted by Gasteiger charge is 2.51. The quantitative estimate of drug-likeness (QED) is 0.0154. The number of H-pyrrole nitrogens is 3. The highest BCUT2D eigenvalue weighted by molar-refractivity contribution is 7.48. The van der Waals surface area contributed by atoms with Crippen molar-refractivity contribution >= 4 is 102 Å². The number of phosphoric acid groups is 5. The highest BCUT2D eigenvalue weighted by Crippen LogP contribution is 2.56. The van der Waals surface area contributed by atoms with Gasteiger partial charge in [0.15, 0.2) is 39.9 Å². The topological polar surface area (TPSA) is 756 Å². The number of aromatic amines is 3. The maximum absolute atomic E-state index is 14.3. The number of nitrogens with zero attached hydrogens (tertiary/aromatic N) is 13. The first-order valence-electron chi connectivity index (χ1n) is 33.5. The Morgan fingerprint density at radius 2 is 0.885 bits per heavy atom. The predicted molar refractivity (Wildman–Crippen MR) is 367 cm³/mol. The Bertz CT molecular complexity index is 5510. The lowest BCUT2D eigenvalue weighted by Gasteiger charge is -2.26. The van der Waals surface area contributed by atoms with Crippen molar-refractivity contribution in [2.75, 3.05) is 62.6 Å². The molecule has 22 atom stereocenters. The minimum atomic E-state index is -5.61. The molecule has 0 radical (unpaired) electrons. The molecule has 0 saturated carbocycles. The third-order valence-electron chi connectivity index (χ3n) is 18.4. The second-order valence-corrected chi connectivity index (χ2v) is 33.0. The fourth-order valence-corrected chi connectivity index (χ4v) is 17.9. The van der Waals surface area contributed by atoms with Gasteiger partial charge >= 0.3 is 56.5 Å². The first kappa shape index (κ1) is 81.3. The molecule has 14 rings (SSSR count). The van der Waals surface area contributed by atoms with E-state index in [1.165, 1.54) is 45.5 Å². The number of esters is 1. The molecule has 59 heteroatoms. The Labute approximate surface area is 627 Å². The third kappa shape index (κ3) is 18.2. The zero-order chi connectivity index (χ0) is 80.5. The molecule has 5 unspecified atom stereocenters. The normalized spacial score (nSPS) is 30.1. The molecule has 8 aromatic rings. The zero-order valence-electron chi connectivity index (χ0n) is 57.9. The van der Waals surface area contributed by atoms with E-state index in [2.05, 4.69) is 54.8 Å². The summed E-state index contributed by atoms with van der Waals surface area (Å²) < 4.78 is 164. The second kappa shape index (κ2) is 32.1. The minimum Gasteiger partial charge on any atom is -0.457 e. The van der Waals surface area contributed by atoms with Gasteiger partial charge in [0.2, 0.25) is 11.9 Å². The van der Waals surface area contributed by atoms with E-state index < -0.39 is 243 Å². The molecule has 6 saturated heterocycles. The number of rotatable bonds is 31. The number of aryl methyl sites for hydroxylation is 1. The van der Waals surface area contributed by atoms with Crippen LogP contribution in [-0.2, 0) is 101 Å². The molecule has 0 aliphatic carbocycles. The van der Waals surface area contributed by atoms with E-state index in [1.807, 2.05) is 0 Å². The summed E-state index contributed by atoms with van der Waals surface area (Å²) in [5, 5.41) is 20.9. The molecule has 54 nitrogen and oxygen atoms in total. The Morgan fingerprint density at radius 1 is 0.478 bits per heavy atom. The van der Waals surface area contributed by atoms with Gasteiger partial charge in [-0.3, -0.25) is 102 Å². The summed E-state index contributed by atoms with van der Waals surface area (Å²) in [7, 11) is -27.2. The molecule has 0 aromatic carbocycles. The molecule has 14 heterocycles. The van der Waals surface area contributed by atoms with Crippen molar-refractivity contribution in [3.8, 4) is 0 Å². The Hall–Kier alpha value is -8.25. The van der Waals surface area contributed by atoms with Gasteiger partial charge in [-0.15, -0.1) is 0 Å². The van der Waals surface area contributed by atoms with Crippen molar-refractivity contribution < 1.29 is 136 Å². The smallest absolute Gasteiger partial charge is 0.457 e. The molecule has 0 bridgehead atoms. The van der Waals surface area contributed by atoms with Gasteiger partial charge in [-0.1, -0.05) is 0 Å². The molecule has 0 amide bonds. The van der Waals surface area contributed by atoms with E-state index in [0.29, 0.717) is 0 Å². The second-order valence-electron chi connectivity index (χ2n) is 26.0. The number of carbonyl (C=O) groups excluding carboxylic acids is 1. The van der Waals surface area contributed by atoms with Crippen LogP contribution in [0, 0.1) is 6.92 Å². The molecule has 614 valence electrons. The lowest BCUT2D eigenvalue weighted by Crippen LogP contribution is -2.33. The maximum Gasteiger partial charge on any atom is 0.472 e. The summed E-state index contributed by atoms with van der Waals surface area (Å²) in [6.45, 7) is -4.54. The summed E-state index contributed by atoms with van der Waals surface area (Å²) in [6.07, 6.45) is -21.4. The summed E-state index contributed by atoms with van der Waals surface area (Å²) in [5.74, 6) is -1.83. The number of nitrogen functional groups attached to an aromatic ring is 4. The summed E-state index contributed by atoms with van der Waals surface area (Å²) >= 11 is 0. The van der Waals surface area contributed by atoms with Crippen molar-refractivity contribution in [3.63, 3.8) is 0 Å². The largest absolute Gasteiger partial charge is 0.472 e. The van der Waals surface area contributed by atoms with Crippen LogP contribution in [0.3, 0.4) is 0 Å². The average molecular weight is 1700 g/mol. The van der Waals surface area contributed by atoms with Gasteiger partial charge in [0.25, 0.3) is 16.7 Å². The van der Waals surface area contributed by atoms with Crippen LogP contribution in [0.1, 0.15) is 75.2 Å². The van der Waals surface area contributed by atoms with Crippen molar-refractivity contribution in [2.24, 2.45) is 0 Å². The first-order valence-corrected chi connectivity index (χ1v) is 41.0. The molecule has 8 aromatic heterocycles. The molecular weight excluding hydrogens is 1630 g/mol. The number of aromatic nitrogens is 16. The van der Waals surface area contributed by atoms with E-state index >= 15 is 0 Å². The fourth-order valence-electron chi connectivity index (χ4n) is 13.1. The molecule has 0 spiro atoms. The SMILES string of the molecule is Cc1cn([C@H]2C[C@H](OP(=O)(O)OC[C@H]3O[C@@H](n4cnc5c(N)ncnc54)C[C@@H]3OP(=O)(O)OC[C@H]3OC(=O)C[C@@H]3OP(=O)(O)OC[C@H]3O[C@@H](n4cnc5c(=O)[nH]c(N)nc54)C[C@@H]3O)[C@@H](COP(=O)(O)O[C@H]3C[C@H](n4cnc5c(=O)[nH]c(N)nc54)O[C@@H]3COP(=O)(O)O[C@H]3C[C@H](n4ccc(N)nc4=O)O[C@@H]3CO)O2)c(=O)[nH]c1=O.